The fourth-order valence-electron chi connectivity index (χ4n) is 5.77. The molecule has 0 spiro atoms. The van der Waals surface area contributed by atoms with Gasteiger partial charge in [-0.15, -0.1) is 0 Å². The van der Waals surface area contributed by atoms with E-state index in [2.05, 4.69) is 15.5 Å². The molecule has 1 amide bonds. The molecule has 2 aromatic carbocycles. The van der Waals surface area contributed by atoms with Crippen molar-refractivity contribution in [3.05, 3.63) is 76.6 Å². The number of carbonyl (C=O) groups is 2. The zero-order valence-corrected chi connectivity index (χ0v) is 24.5. The van der Waals surface area contributed by atoms with Crippen molar-refractivity contribution in [3.8, 4) is 0 Å². The standard InChI is InChI=1S/C32H38F2N6O4/c33-22-14-21(15-23(34)17-22)13-20-1-4-28(35)27(16-20)31(36)38-32(43)26-3-2-25(18-29(26)37-24-5-11-44-12-6-24)40-9-7-39(8-10-40)19-30(41)42/h1-4,14-16,18,22,24,37H,5-13,17,19,35H2,(H,41,42)(H2,36,38,43). The van der Waals surface area contributed by atoms with Crippen LogP contribution in [-0.2, 0) is 16.0 Å². The molecule has 0 aromatic heterocycles. The molecule has 6 N–H and O–H groups in total. The zero-order valence-electron chi connectivity index (χ0n) is 24.5. The Morgan fingerprint density at radius 3 is 2.52 bits per heavy atom. The van der Waals surface area contributed by atoms with E-state index >= 15 is 0 Å². The minimum atomic E-state index is -1.38. The van der Waals surface area contributed by atoms with Crippen LogP contribution in [0.3, 0.4) is 0 Å². The minimum absolute atomic E-state index is 0.00837. The predicted molar refractivity (Wildman–Crippen MR) is 166 cm³/mol. The number of carboxylic acid groups (broad SMARTS) is 1. The summed E-state index contributed by atoms with van der Waals surface area (Å²) < 4.78 is 33.1. The van der Waals surface area contributed by atoms with Gasteiger partial charge >= 0.3 is 5.97 Å². The average molecular weight is 609 g/mol. The van der Waals surface area contributed by atoms with Crippen LogP contribution in [0.25, 0.3) is 0 Å². The lowest BCUT2D eigenvalue weighted by atomic mass is 9.96. The summed E-state index contributed by atoms with van der Waals surface area (Å²) in [7, 11) is 0. The highest BCUT2D eigenvalue weighted by Gasteiger charge is 2.23. The van der Waals surface area contributed by atoms with Crippen molar-refractivity contribution in [2.45, 2.75) is 37.9 Å². The summed E-state index contributed by atoms with van der Waals surface area (Å²) in [5.74, 6) is -2.03. The molecule has 0 bridgehead atoms. The Bertz CT molecular complexity index is 1460. The Morgan fingerprint density at radius 1 is 1.07 bits per heavy atom. The van der Waals surface area contributed by atoms with Gasteiger partial charge in [-0.25, -0.2) is 8.78 Å². The summed E-state index contributed by atoms with van der Waals surface area (Å²) in [6, 6.07) is 10.6. The molecule has 1 aliphatic carbocycles. The minimum Gasteiger partial charge on any atom is -0.480 e. The second kappa shape index (κ2) is 14.0. The Labute approximate surface area is 255 Å². The molecule has 2 fully saturated rings. The molecule has 10 nitrogen and oxygen atoms in total. The lowest BCUT2D eigenvalue weighted by Gasteiger charge is -2.35. The molecule has 5 rings (SSSR count). The highest BCUT2D eigenvalue weighted by molar-refractivity contribution is 6.15. The fourth-order valence-corrected chi connectivity index (χ4v) is 5.77. The fraction of sp³-hybridized carbons (Fsp3) is 0.406. The Balaban J connectivity index is 1.32. The number of allylic oxidation sites excluding steroid dienone is 4. The van der Waals surface area contributed by atoms with Crippen LogP contribution in [0.2, 0.25) is 0 Å². The molecule has 2 aliphatic heterocycles. The van der Waals surface area contributed by atoms with Crippen LogP contribution >= 0.6 is 0 Å². The number of carboxylic acids is 1. The highest BCUT2D eigenvalue weighted by Crippen LogP contribution is 2.28. The van der Waals surface area contributed by atoms with E-state index in [0.717, 1.165) is 18.5 Å². The molecule has 1 atom stereocenters. The lowest BCUT2D eigenvalue weighted by molar-refractivity contribution is -0.138. The topological polar surface area (TPSA) is 144 Å². The molecule has 0 radical (unpaired) electrons. The van der Waals surface area contributed by atoms with Crippen molar-refractivity contribution in [2.24, 2.45) is 0 Å². The summed E-state index contributed by atoms with van der Waals surface area (Å²) in [4.78, 5) is 28.7. The van der Waals surface area contributed by atoms with Gasteiger partial charge in [0, 0.05) is 74.5 Å². The highest BCUT2D eigenvalue weighted by atomic mass is 19.1. The van der Waals surface area contributed by atoms with Gasteiger partial charge < -0.3 is 31.1 Å². The smallest absolute Gasteiger partial charge is 0.317 e. The molecular formula is C32H38F2N6O4. The van der Waals surface area contributed by atoms with Gasteiger partial charge in [0.05, 0.1) is 12.1 Å². The summed E-state index contributed by atoms with van der Waals surface area (Å²) in [6.07, 6.45) is 2.91. The number of hydrogen-bond donors (Lipinski definition) is 5. The Morgan fingerprint density at radius 2 is 1.82 bits per heavy atom. The van der Waals surface area contributed by atoms with Crippen LogP contribution < -0.4 is 21.3 Å². The van der Waals surface area contributed by atoms with E-state index in [1.165, 1.54) is 12.2 Å². The third-order valence-electron chi connectivity index (χ3n) is 8.09. The molecule has 2 saturated heterocycles. The van der Waals surface area contributed by atoms with E-state index in [-0.39, 0.29) is 31.3 Å². The van der Waals surface area contributed by atoms with Gasteiger partial charge in [-0.1, -0.05) is 6.07 Å². The number of alkyl halides is 1. The number of hydrogen-bond acceptors (Lipinski definition) is 8. The van der Waals surface area contributed by atoms with Crippen LogP contribution in [-0.4, -0.2) is 85.9 Å². The number of anilines is 3. The van der Waals surface area contributed by atoms with Crippen molar-refractivity contribution in [2.75, 3.05) is 61.9 Å². The summed E-state index contributed by atoms with van der Waals surface area (Å²) in [5, 5.41) is 24.0. The van der Waals surface area contributed by atoms with E-state index < -0.39 is 23.9 Å². The van der Waals surface area contributed by atoms with Crippen LogP contribution in [0.5, 0.6) is 0 Å². The van der Waals surface area contributed by atoms with E-state index in [9.17, 15) is 18.4 Å². The molecule has 234 valence electrons. The number of nitrogen functional groups attached to an aromatic ring is 1. The van der Waals surface area contributed by atoms with E-state index in [0.29, 0.717) is 73.0 Å². The molecular weight excluding hydrogens is 570 g/mol. The first kappa shape index (κ1) is 31.1. The van der Waals surface area contributed by atoms with E-state index in [1.54, 1.807) is 24.3 Å². The number of nitrogens with two attached hydrogens (primary N) is 1. The average Bonchev–Trinajstić information content (AvgIpc) is 2.98. The van der Waals surface area contributed by atoms with Gasteiger partial charge in [-0.3, -0.25) is 19.9 Å². The number of ether oxygens (including phenoxy) is 1. The van der Waals surface area contributed by atoms with Gasteiger partial charge in [0.15, 0.2) is 0 Å². The summed E-state index contributed by atoms with van der Waals surface area (Å²) >= 11 is 0. The number of amidine groups is 1. The Hall–Kier alpha value is -4.29. The maximum Gasteiger partial charge on any atom is 0.317 e. The zero-order chi connectivity index (χ0) is 31.2. The van der Waals surface area contributed by atoms with Crippen molar-refractivity contribution in [1.82, 2.24) is 10.2 Å². The monoisotopic (exact) mass is 608 g/mol. The van der Waals surface area contributed by atoms with Crippen LogP contribution in [0.1, 0.15) is 40.7 Å². The van der Waals surface area contributed by atoms with Crippen molar-refractivity contribution < 1.29 is 28.2 Å². The SMILES string of the molecule is N=C(NC(=O)c1ccc(N2CCN(CC(=O)O)CC2)cc1NC1CCOCC1)c1cc(CC2=CC(F)CC(F)=C2)ccc1N. The quantitative estimate of drug-likeness (QED) is 0.164. The summed E-state index contributed by atoms with van der Waals surface area (Å²) in [5.41, 5.74) is 9.88. The van der Waals surface area contributed by atoms with Gasteiger partial charge in [0.25, 0.3) is 5.91 Å². The van der Waals surface area contributed by atoms with Crippen LogP contribution in [0, 0.1) is 5.41 Å². The molecule has 0 saturated carbocycles. The van der Waals surface area contributed by atoms with E-state index in [4.69, 9.17) is 21.0 Å². The predicted octanol–water partition coefficient (Wildman–Crippen LogP) is 3.89. The maximum absolute atomic E-state index is 13.8. The van der Waals surface area contributed by atoms with Gasteiger partial charge in [-0.05, 0) is 72.9 Å². The molecule has 2 heterocycles. The largest absolute Gasteiger partial charge is 0.480 e. The number of amides is 1. The van der Waals surface area contributed by atoms with Crippen molar-refractivity contribution in [1.29, 1.82) is 5.41 Å². The van der Waals surface area contributed by atoms with Crippen molar-refractivity contribution >= 4 is 34.8 Å². The normalized spacial score (nSPS) is 19.6. The molecule has 44 heavy (non-hydrogen) atoms. The second-order valence-electron chi connectivity index (χ2n) is 11.4. The maximum atomic E-state index is 13.8. The first-order valence-electron chi connectivity index (χ1n) is 14.8. The van der Waals surface area contributed by atoms with Crippen LogP contribution in [0.4, 0.5) is 25.8 Å². The number of piperazine rings is 1. The first-order chi connectivity index (χ1) is 21.1. The third kappa shape index (κ3) is 8.00. The Kier molecular flexibility index (Phi) is 9.91. The van der Waals surface area contributed by atoms with Crippen molar-refractivity contribution in [3.63, 3.8) is 0 Å². The number of benzene rings is 2. The van der Waals surface area contributed by atoms with E-state index in [1.807, 2.05) is 17.0 Å². The molecule has 12 heteroatoms. The molecule has 3 aliphatic rings. The van der Waals surface area contributed by atoms with Gasteiger partial charge in [0.2, 0.25) is 0 Å². The number of halogens is 2. The molecule has 1 unspecified atom stereocenters. The molecule has 2 aromatic rings. The second-order valence-corrected chi connectivity index (χ2v) is 11.4. The lowest BCUT2D eigenvalue weighted by Crippen LogP contribution is -2.48. The number of rotatable bonds is 9. The third-order valence-corrected chi connectivity index (χ3v) is 8.09. The van der Waals surface area contributed by atoms with Gasteiger partial charge in [0.1, 0.15) is 17.8 Å². The number of nitrogens with zero attached hydrogens (tertiary/aromatic N) is 2. The number of nitrogens with one attached hydrogen (secondary N) is 3. The number of carbonyl (C=O) groups excluding carboxylic acids is 1. The van der Waals surface area contributed by atoms with Crippen LogP contribution in [0.15, 0.2) is 60.0 Å². The van der Waals surface area contributed by atoms with Gasteiger partial charge in [-0.2, -0.15) is 0 Å². The summed E-state index contributed by atoms with van der Waals surface area (Å²) in [6.45, 7) is 3.79. The number of aliphatic carboxylic acids is 1. The first-order valence-corrected chi connectivity index (χ1v) is 14.8.